The number of ether oxygens (including phenoxy) is 1. The largest absolute Gasteiger partial charge is 0.508 e. The monoisotopic (exact) mass is 1220 g/mol. The summed E-state index contributed by atoms with van der Waals surface area (Å²) >= 11 is 0. The maximum Gasteiger partial charge on any atom is 0.251 e. The number of hydrogen-bond acceptors (Lipinski definition) is 19. The van der Waals surface area contributed by atoms with Gasteiger partial charge in [0.25, 0.3) is 5.91 Å². The molecule has 0 radical (unpaired) electrons. The predicted molar refractivity (Wildman–Crippen MR) is 322 cm³/mol. The van der Waals surface area contributed by atoms with E-state index < -0.39 is 157 Å². The SMILES string of the molecule is CCCCCOc1ccc(-c2ccc(-c3ccc(C(=O)NC4C[C@@H](O)C(NCCNCCN)NC(=O)C5[C@@H](O)[C@@H](C)CN5C(=O)C([C@@H](C)O)NC(=O)C([C@H](O)[C@@H](O)c5ccc(O)cc5)NC(=O)C5C[C@@H](O)CC5C(=O)C([C@@H](C)O)NC4=O)cc3)cc2)cc1. The van der Waals surface area contributed by atoms with Crippen molar-refractivity contribution in [2.24, 2.45) is 23.5 Å². The van der Waals surface area contributed by atoms with E-state index in [1.807, 2.05) is 48.5 Å². The molecule has 1 saturated carbocycles. The smallest absolute Gasteiger partial charge is 0.251 e. The molecule has 2 aliphatic heterocycles. The second-order valence-electron chi connectivity index (χ2n) is 23.2. The lowest BCUT2D eigenvalue weighted by atomic mass is 9.85. The summed E-state index contributed by atoms with van der Waals surface area (Å²) in [4.78, 5) is 103. The summed E-state index contributed by atoms with van der Waals surface area (Å²) in [7, 11) is 0. The molecule has 7 rings (SSSR count). The standard InChI is InChI=1S/C63H85N9O16/c1-5-6-7-28-88-44-22-18-39(19-23-44)37-10-8-36(9-11-37)38-12-14-41(15-13-38)58(82)67-47-31-48(77)57(66-27-26-65-25-24-64)71-62(86)52-53(78)33(2)32-72(52)63(87)50(35(4)74)69-61(85)51(56(81)54(79)40-16-20-42(75)21-17-40)70-59(83)46-30-43(76)29-45(46)55(80)49(34(3)73)68-60(47)84/h8-23,33-35,43,45-54,56-57,65-66,73-79,81H,5-7,24-32,64H2,1-4H3,(H,67,82)(H,68,84)(H,69,85)(H,70,83)(H,71,86)/t33-,34+,35+,43-,45?,46?,47?,48+,49?,50?,51?,52?,53-,54-,56-,57?/m0/s1. The Morgan fingerprint density at radius 2 is 1.24 bits per heavy atom. The van der Waals surface area contributed by atoms with Gasteiger partial charge in [0.15, 0.2) is 5.78 Å². The van der Waals surface area contributed by atoms with E-state index in [0.717, 1.165) is 59.1 Å². The first-order chi connectivity index (χ1) is 42.0. The molecule has 16 atom stereocenters. The fourth-order valence-electron chi connectivity index (χ4n) is 11.4. The van der Waals surface area contributed by atoms with Gasteiger partial charge in [-0.05, 0) is 97.3 Å². The molecule has 2 saturated heterocycles. The molecule has 6 amide bonds. The van der Waals surface area contributed by atoms with Gasteiger partial charge >= 0.3 is 0 Å². The number of hydrogen-bond donors (Lipinski definition) is 16. The van der Waals surface area contributed by atoms with Gasteiger partial charge in [-0.3, -0.25) is 38.9 Å². The van der Waals surface area contributed by atoms with Crippen molar-refractivity contribution in [2.45, 2.75) is 145 Å². The van der Waals surface area contributed by atoms with Crippen LogP contribution in [-0.4, -0.2) is 199 Å². The number of amides is 6. The summed E-state index contributed by atoms with van der Waals surface area (Å²) < 4.78 is 5.87. The van der Waals surface area contributed by atoms with Crippen LogP contribution in [0.3, 0.4) is 0 Å². The van der Waals surface area contributed by atoms with Crippen LogP contribution in [0.1, 0.15) is 88.2 Å². The van der Waals surface area contributed by atoms with E-state index in [-0.39, 0.29) is 43.1 Å². The zero-order valence-electron chi connectivity index (χ0n) is 49.8. The highest BCUT2D eigenvalue weighted by atomic mass is 16.5. The van der Waals surface area contributed by atoms with Crippen molar-refractivity contribution >= 4 is 41.2 Å². The zero-order valence-corrected chi connectivity index (χ0v) is 49.8. The maximum atomic E-state index is 14.8. The van der Waals surface area contributed by atoms with Crippen LogP contribution in [0, 0.1) is 17.8 Å². The number of aliphatic hydroxyl groups is 7. The predicted octanol–water partition coefficient (Wildman–Crippen LogP) is -0.787. The van der Waals surface area contributed by atoms with E-state index in [2.05, 4.69) is 44.1 Å². The number of phenols is 1. The number of aliphatic hydroxyl groups excluding tert-OH is 7. The second kappa shape index (κ2) is 31.7. The van der Waals surface area contributed by atoms with E-state index >= 15 is 0 Å². The van der Waals surface area contributed by atoms with Crippen molar-refractivity contribution in [3.8, 4) is 33.8 Å². The number of fused-ring (bicyclic) bond motifs is 2. The van der Waals surface area contributed by atoms with Crippen LogP contribution in [0.25, 0.3) is 22.3 Å². The molecule has 8 unspecified atom stereocenters. The Morgan fingerprint density at radius 1 is 0.670 bits per heavy atom. The second-order valence-corrected chi connectivity index (χ2v) is 23.2. The normalized spacial score (nSPS) is 27.3. The highest BCUT2D eigenvalue weighted by molar-refractivity contribution is 6.01. The molecule has 4 aromatic carbocycles. The number of benzene rings is 4. The molecular weight excluding hydrogens is 1140 g/mol. The molecule has 0 bridgehead atoms. The van der Waals surface area contributed by atoms with Crippen molar-refractivity contribution < 1.29 is 79.2 Å². The highest BCUT2D eigenvalue weighted by Crippen LogP contribution is 2.36. The Hall–Kier alpha value is -7.43. The van der Waals surface area contributed by atoms with Crippen LogP contribution < -0.4 is 47.7 Å². The molecule has 17 N–H and O–H groups in total. The minimum Gasteiger partial charge on any atom is -0.508 e. The summed E-state index contributed by atoms with van der Waals surface area (Å²) in [6, 6.07) is 17.2. The fourth-order valence-corrected chi connectivity index (χ4v) is 11.4. The Balaban J connectivity index is 1.22. The Labute approximate surface area is 510 Å². The van der Waals surface area contributed by atoms with Gasteiger partial charge in [0, 0.05) is 56.5 Å². The molecule has 3 aliphatic rings. The van der Waals surface area contributed by atoms with E-state index in [0.29, 0.717) is 13.2 Å². The number of Topliss-reactive ketones (excluding diaryl/α,β-unsaturated/α-hetero) is 1. The van der Waals surface area contributed by atoms with Crippen LogP contribution in [0.4, 0.5) is 0 Å². The molecule has 25 heteroatoms. The fraction of sp³-hybridized carbons (Fsp3) is 0.508. The van der Waals surface area contributed by atoms with Gasteiger partial charge in [0.05, 0.1) is 43.0 Å². The third kappa shape index (κ3) is 17.2. The Kier molecular flexibility index (Phi) is 24.5. The van der Waals surface area contributed by atoms with Gasteiger partial charge in [0.1, 0.15) is 60.1 Å². The lowest BCUT2D eigenvalue weighted by molar-refractivity contribution is -0.147. The molecule has 3 fully saturated rings. The molecule has 1 aliphatic carbocycles. The van der Waals surface area contributed by atoms with Crippen LogP contribution >= 0.6 is 0 Å². The number of carbonyl (C=O) groups is 7. The summed E-state index contributed by atoms with van der Waals surface area (Å²) in [6.07, 6.45) is -12.4. The van der Waals surface area contributed by atoms with Gasteiger partial charge in [0.2, 0.25) is 29.5 Å². The minimum absolute atomic E-state index is 0.0265. The topological polar surface area (TPSA) is 404 Å². The van der Waals surface area contributed by atoms with Crippen molar-refractivity contribution in [2.75, 3.05) is 39.3 Å². The van der Waals surface area contributed by atoms with Gasteiger partial charge in [-0.2, -0.15) is 0 Å². The lowest BCUT2D eigenvalue weighted by Crippen LogP contribution is -2.64. The Bertz CT molecular complexity index is 2990. The first kappa shape index (κ1) is 68.1. The van der Waals surface area contributed by atoms with E-state index in [4.69, 9.17) is 10.5 Å². The number of unbranched alkanes of at least 4 members (excludes halogenated alkanes) is 2. The van der Waals surface area contributed by atoms with Crippen LogP contribution in [0.15, 0.2) is 97.1 Å². The number of rotatable bonds is 20. The number of nitrogens with one attached hydrogen (secondary N) is 7. The third-order valence-corrected chi connectivity index (χ3v) is 16.5. The molecule has 0 aromatic heterocycles. The minimum atomic E-state index is -2.27. The number of carbonyl (C=O) groups excluding carboxylic acids is 7. The zero-order chi connectivity index (χ0) is 63.9. The quantitative estimate of drug-likeness (QED) is 0.0482. The average molecular weight is 1220 g/mol. The first-order valence-corrected chi connectivity index (χ1v) is 30.0. The van der Waals surface area contributed by atoms with Crippen molar-refractivity contribution in [3.05, 3.63) is 108 Å². The molecule has 88 heavy (non-hydrogen) atoms. The molecule has 2 heterocycles. The highest BCUT2D eigenvalue weighted by Gasteiger charge is 2.51. The van der Waals surface area contributed by atoms with Crippen molar-refractivity contribution in [1.82, 2.24) is 42.1 Å². The number of phenolic OH excluding ortho intramolecular Hbond substituents is 1. The summed E-state index contributed by atoms with van der Waals surface area (Å²) in [5, 5.41) is 109. The summed E-state index contributed by atoms with van der Waals surface area (Å²) in [5.74, 6) is -10.9. The first-order valence-electron chi connectivity index (χ1n) is 30.0. The van der Waals surface area contributed by atoms with E-state index in [1.54, 1.807) is 12.1 Å². The molecule has 0 spiro atoms. The average Bonchev–Trinajstić information content (AvgIpc) is 2.10. The number of ketones is 1. The van der Waals surface area contributed by atoms with Crippen LogP contribution in [0.5, 0.6) is 11.5 Å². The van der Waals surface area contributed by atoms with Gasteiger partial charge in [-0.15, -0.1) is 0 Å². The summed E-state index contributed by atoms with van der Waals surface area (Å²) in [5.41, 5.74) is 9.19. The summed E-state index contributed by atoms with van der Waals surface area (Å²) in [6.45, 7) is 7.18. The van der Waals surface area contributed by atoms with Gasteiger partial charge in [-0.1, -0.05) is 87.4 Å². The maximum absolute atomic E-state index is 14.8. The lowest BCUT2D eigenvalue weighted by Gasteiger charge is -2.34. The Morgan fingerprint density at radius 3 is 1.83 bits per heavy atom. The van der Waals surface area contributed by atoms with Crippen LogP contribution in [-0.2, 0) is 28.8 Å². The molecule has 25 nitrogen and oxygen atoms in total. The molecule has 478 valence electrons. The van der Waals surface area contributed by atoms with E-state index in [9.17, 15) is 74.4 Å². The van der Waals surface area contributed by atoms with Crippen molar-refractivity contribution in [3.63, 3.8) is 0 Å². The van der Waals surface area contributed by atoms with Gasteiger partial charge < -0.3 is 88.1 Å². The number of nitrogens with two attached hydrogens (primary N) is 1. The number of aromatic hydroxyl groups is 1. The van der Waals surface area contributed by atoms with Crippen LogP contribution in [0.2, 0.25) is 0 Å². The third-order valence-electron chi connectivity index (χ3n) is 16.5. The molecule has 4 aromatic rings. The van der Waals surface area contributed by atoms with Crippen molar-refractivity contribution in [1.29, 1.82) is 0 Å². The van der Waals surface area contributed by atoms with E-state index in [1.165, 1.54) is 50.2 Å². The number of nitrogens with zero attached hydrogens (tertiary/aromatic N) is 1. The van der Waals surface area contributed by atoms with Gasteiger partial charge in [-0.25, -0.2) is 0 Å². The molecular formula is C63H85N9O16.